The molecule has 0 aliphatic heterocycles. The zero-order valence-electron chi connectivity index (χ0n) is 12.1. The van der Waals surface area contributed by atoms with E-state index in [0.29, 0.717) is 17.7 Å². The van der Waals surface area contributed by atoms with Crippen molar-refractivity contribution in [3.8, 4) is 11.8 Å². The highest BCUT2D eigenvalue weighted by atomic mass is 19.1. The van der Waals surface area contributed by atoms with Crippen molar-refractivity contribution in [3.05, 3.63) is 35.1 Å². The van der Waals surface area contributed by atoms with Gasteiger partial charge in [-0.3, -0.25) is 0 Å². The Kier molecular flexibility index (Phi) is 5.53. The summed E-state index contributed by atoms with van der Waals surface area (Å²) in [5.41, 5.74) is 1.45. The lowest BCUT2D eigenvalue weighted by Crippen LogP contribution is -2.29. The van der Waals surface area contributed by atoms with Gasteiger partial charge in [0.15, 0.2) is 0 Å². The number of hydrogen-bond donors (Lipinski definition) is 1. The van der Waals surface area contributed by atoms with Crippen LogP contribution in [0.3, 0.4) is 0 Å². The number of aliphatic hydroxyl groups is 1. The molecule has 2 nitrogen and oxygen atoms in total. The second-order valence-corrected chi connectivity index (χ2v) is 6.00. The van der Waals surface area contributed by atoms with E-state index in [0.717, 1.165) is 6.54 Å². The first-order valence-corrected chi connectivity index (χ1v) is 6.38. The van der Waals surface area contributed by atoms with Gasteiger partial charge in [-0.15, -0.1) is 0 Å². The smallest absolute Gasteiger partial charge is 0.128 e. The maximum absolute atomic E-state index is 13.9. The molecule has 0 aromatic heterocycles. The van der Waals surface area contributed by atoms with E-state index in [1.807, 2.05) is 7.05 Å². The Labute approximate surface area is 115 Å². The minimum atomic E-state index is -0.245. The third-order valence-corrected chi connectivity index (χ3v) is 2.55. The average Bonchev–Trinajstić information content (AvgIpc) is 2.27. The molecule has 0 bridgehead atoms. The minimum Gasteiger partial charge on any atom is -0.384 e. The van der Waals surface area contributed by atoms with Crippen LogP contribution < -0.4 is 0 Å². The molecule has 0 unspecified atom stereocenters. The Bertz CT molecular complexity index is 480. The van der Waals surface area contributed by atoms with Crippen LogP contribution in [0.1, 0.15) is 31.9 Å². The van der Waals surface area contributed by atoms with Crippen LogP contribution in [0.15, 0.2) is 18.2 Å². The van der Waals surface area contributed by atoms with E-state index in [1.54, 1.807) is 12.1 Å². The molecule has 0 amide bonds. The molecular formula is C16H22FNO. The van der Waals surface area contributed by atoms with Gasteiger partial charge in [-0.2, -0.15) is 0 Å². The van der Waals surface area contributed by atoms with E-state index in [1.165, 1.54) is 6.07 Å². The third kappa shape index (κ3) is 5.87. The van der Waals surface area contributed by atoms with Crippen LogP contribution in [0.4, 0.5) is 4.39 Å². The third-order valence-electron chi connectivity index (χ3n) is 2.55. The number of hydrogen-bond acceptors (Lipinski definition) is 2. The van der Waals surface area contributed by atoms with Crippen molar-refractivity contribution < 1.29 is 9.50 Å². The summed E-state index contributed by atoms with van der Waals surface area (Å²) in [5.74, 6) is 4.97. The molecule has 104 valence electrons. The fraction of sp³-hybridized carbons (Fsp3) is 0.500. The van der Waals surface area contributed by atoms with Gasteiger partial charge in [0, 0.05) is 24.2 Å². The highest BCUT2D eigenvalue weighted by Gasteiger charge is 2.14. The van der Waals surface area contributed by atoms with Crippen LogP contribution in [0.25, 0.3) is 0 Å². The first kappa shape index (κ1) is 15.7. The van der Waals surface area contributed by atoms with Crippen LogP contribution in [0.2, 0.25) is 0 Å². The van der Waals surface area contributed by atoms with Crippen molar-refractivity contribution in [2.75, 3.05) is 20.2 Å². The van der Waals surface area contributed by atoms with Gasteiger partial charge in [-0.1, -0.05) is 38.7 Å². The second kappa shape index (κ2) is 6.70. The molecule has 1 aromatic carbocycles. The SMILES string of the molecule is CN(Cc1ccc(C#CCO)cc1F)CC(C)(C)C. The predicted octanol–water partition coefficient (Wildman–Crippen LogP) is 2.65. The van der Waals surface area contributed by atoms with E-state index in [9.17, 15) is 4.39 Å². The van der Waals surface area contributed by atoms with Gasteiger partial charge in [0.25, 0.3) is 0 Å². The molecule has 0 saturated heterocycles. The quantitative estimate of drug-likeness (QED) is 0.847. The Morgan fingerprint density at radius 1 is 1.32 bits per heavy atom. The summed E-state index contributed by atoms with van der Waals surface area (Å²) >= 11 is 0. The van der Waals surface area contributed by atoms with Crippen molar-refractivity contribution in [1.29, 1.82) is 0 Å². The van der Waals surface area contributed by atoms with E-state index in [-0.39, 0.29) is 17.8 Å². The normalized spacial score (nSPS) is 11.3. The molecule has 0 aliphatic rings. The van der Waals surface area contributed by atoms with Gasteiger partial charge in [-0.05, 0) is 24.6 Å². The molecule has 0 atom stereocenters. The van der Waals surface area contributed by atoms with E-state index < -0.39 is 0 Å². The van der Waals surface area contributed by atoms with Crippen LogP contribution in [-0.2, 0) is 6.54 Å². The summed E-state index contributed by atoms with van der Waals surface area (Å²) in [6.45, 7) is 7.75. The minimum absolute atomic E-state index is 0.192. The summed E-state index contributed by atoms with van der Waals surface area (Å²) in [6, 6.07) is 4.96. The summed E-state index contributed by atoms with van der Waals surface area (Å²) < 4.78 is 13.9. The highest BCUT2D eigenvalue weighted by Crippen LogP contribution is 2.17. The Hall–Kier alpha value is -1.37. The summed E-state index contributed by atoms with van der Waals surface area (Å²) in [6.07, 6.45) is 0. The maximum atomic E-state index is 13.9. The maximum Gasteiger partial charge on any atom is 0.128 e. The van der Waals surface area contributed by atoms with Gasteiger partial charge in [0.05, 0.1) is 0 Å². The van der Waals surface area contributed by atoms with Crippen molar-refractivity contribution in [2.45, 2.75) is 27.3 Å². The number of aliphatic hydroxyl groups excluding tert-OH is 1. The van der Waals surface area contributed by atoms with E-state index >= 15 is 0 Å². The Morgan fingerprint density at radius 2 is 2.00 bits per heavy atom. The van der Waals surface area contributed by atoms with Gasteiger partial charge in [0.2, 0.25) is 0 Å². The molecule has 0 radical (unpaired) electrons. The molecule has 0 aliphatic carbocycles. The molecule has 1 rings (SSSR count). The number of rotatable bonds is 3. The molecule has 0 heterocycles. The lowest BCUT2D eigenvalue weighted by atomic mass is 9.96. The van der Waals surface area contributed by atoms with Gasteiger partial charge >= 0.3 is 0 Å². The van der Waals surface area contributed by atoms with Crippen molar-refractivity contribution >= 4 is 0 Å². The van der Waals surface area contributed by atoms with Crippen molar-refractivity contribution in [2.24, 2.45) is 5.41 Å². The topological polar surface area (TPSA) is 23.5 Å². The lowest BCUT2D eigenvalue weighted by Gasteiger charge is -2.26. The lowest BCUT2D eigenvalue weighted by molar-refractivity contribution is 0.218. The molecule has 1 aromatic rings. The monoisotopic (exact) mass is 263 g/mol. The highest BCUT2D eigenvalue weighted by molar-refractivity contribution is 5.37. The fourth-order valence-corrected chi connectivity index (χ4v) is 2.05. The first-order chi connectivity index (χ1) is 8.81. The molecule has 3 heteroatoms. The van der Waals surface area contributed by atoms with Gasteiger partial charge in [-0.25, -0.2) is 4.39 Å². The van der Waals surface area contributed by atoms with Crippen molar-refractivity contribution in [3.63, 3.8) is 0 Å². The largest absolute Gasteiger partial charge is 0.384 e. The predicted molar refractivity (Wildman–Crippen MR) is 76.2 cm³/mol. The van der Waals surface area contributed by atoms with Crippen LogP contribution >= 0.6 is 0 Å². The molecule has 19 heavy (non-hydrogen) atoms. The van der Waals surface area contributed by atoms with E-state index in [4.69, 9.17) is 5.11 Å². The van der Waals surface area contributed by atoms with E-state index in [2.05, 4.69) is 37.5 Å². The summed E-state index contributed by atoms with van der Waals surface area (Å²) in [7, 11) is 1.99. The zero-order valence-corrected chi connectivity index (χ0v) is 12.1. The Morgan fingerprint density at radius 3 is 2.53 bits per heavy atom. The van der Waals surface area contributed by atoms with Crippen LogP contribution in [0, 0.1) is 23.1 Å². The number of benzene rings is 1. The number of halogens is 1. The standard InChI is InChI=1S/C16H22FNO/c1-16(2,3)12-18(4)11-14-8-7-13(6-5-9-19)10-15(14)17/h7-8,10,19H,9,11-12H2,1-4H3. The summed E-state index contributed by atoms with van der Waals surface area (Å²) in [4.78, 5) is 2.11. The Balaban J connectivity index is 2.75. The van der Waals surface area contributed by atoms with Crippen molar-refractivity contribution in [1.82, 2.24) is 4.90 Å². The molecule has 0 saturated carbocycles. The second-order valence-electron chi connectivity index (χ2n) is 6.00. The zero-order chi connectivity index (χ0) is 14.5. The van der Waals surface area contributed by atoms with Crippen LogP contribution in [-0.4, -0.2) is 30.2 Å². The molecule has 1 N–H and O–H groups in total. The number of nitrogens with zero attached hydrogens (tertiary/aromatic N) is 1. The molecular weight excluding hydrogens is 241 g/mol. The first-order valence-electron chi connectivity index (χ1n) is 6.38. The average molecular weight is 263 g/mol. The summed E-state index contributed by atoms with van der Waals surface area (Å²) in [5, 5.41) is 8.60. The molecule has 0 fully saturated rings. The van der Waals surface area contributed by atoms with Gasteiger partial charge in [0.1, 0.15) is 12.4 Å². The molecule has 0 spiro atoms. The fourth-order valence-electron chi connectivity index (χ4n) is 2.05. The van der Waals surface area contributed by atoms with Crippen LogP contribution in [0.5, 0.6) is 0 Å². The van der Waals surface area contributed by atoms with Gasteiger partial charge < -0.3 is 10.0 Å².